The number of amides is 1. The zero-order valence-electron chi connectivity index (χ0n) is 20.4. The maximum absolute atomic E-state index is 12.6. The highest BCUT2D eigenvalue weighted by Gasteiger charge is 2.20. The van der Waals surface area contributed by atoms with Gasteiger partial charge in [0, 0.05) is 18.3 Å². The molecule has 0 radical (unpaired) electrons. The van der Waals surface area contributed by atoms with Crippen molar-refractivity contribution in [3.05, 3.63) is 95.0 Å². The Morgan fingerprint density at radius 1 is 0.946 bits per heavy atom. The second kappa shape index (κ2) is 13.0. The average molecular weight is 514 g/mol. The topological polar surface area (TPSA) is 109 Å². The third-order valence-electron chi connectivity index (χ3n) is 5.40. The van der Waals surface area contributed by atoms with Crippen LogP contribution in [0.4, 0.5) is 10.8 Å². The van der Waals surface area contributed by atoms with Crippen molar-refractivity contribution in [2.24, 2.45) is 5.92 Å². The lowest BCUT2D eigenvalue weighted by molar-refractivity contribution is -0.118. The Labute approximate surface area is 219 Å². The number of rotatable bonds is 12. The minimum absolute atomic E-state index is 0.115. The molecule has 8 nitrogen and oxygen atoms in total. The van der Waals surface area contributed by atoms with E-state index in [1.54, 1.807) is 0 Å². The Morgan fingerprint density at radius 3 is 2.19 bits per heavy atom. The number of ether oxygens (including phenoxy) is 2. The van der Waals surface area contributed by atoms with E-state index in [-0.39, 0.29) is 6.54 Å². The molecule has 2 N–H and O–H groups in total. The predicted octanol–water partition coefficient (Wildman–Crippen LogP) is 5.45. The van der Waals surface area contributed by atoms with Gasteiger partial charge in [0.15, 0.2) is 11.5 Å². The summed E-state index contributed by atoms with van der Waals surface area (Å²) in [4.78, 5) is 12.6. The number of nitrogens with one attached hydrogen (secondary N) is 2. The number of anilines is 2. The van der Waals surface area contributed by atoms with E-state index >= 15 is 0 Å². The molecule has 0 aliphatic heterocycles. The van der Waals surface area contributed by atoms with Crippen molar-refractivity contribution in [3.63, 3.8) is 0 Å². The minimum Gasteiger partial charge on any atom is -0.485 e. The Hall–Kier alpha value is -4.42. The zero-order valence-corrected chi connectivity index (χ0v) is 21.2. The molecular weight excluding hydrogens is 486 g/mol. The van der Waals surface area contributed by atoms with Crippen molar-refractivity contribution >= 4 is 28.1 Å². The monoisotopic (exact) mass is 513 g/mol. The van der Waals surface area contributed by atoms with Crippen LogP contribution in [0.5, 0.6) is 11.5 Å². The Bertz CT molecular complexity index is 1340. The van der Waals surface area contributed by atoms with Crippen molar-refractivity contribution in [3.8, 4) is 17.6 Å². The molecule has 1 unspecified atom stereocenters. The molecule has 1 amide bonds. The van der Waals surface area contributed by atoms with Crippen molar-refractivity contribution < 1.29 is 14.3 Å². The SMILES string of the molecule is CCc1nnc(NC(=O)C(C#N)CNc2ccc(OCc3ccccc3)c(OCc3ccccc3)c2)s1. The van der Waals surface area contributed by atoms with Gasteiger partial charge < -0.3 is 14.8 Å². The summed E-state index contributed by atoms with van der Waals surface area (Å²) in [6, 6.07) is 27.3. The van der Waals surface area contributed by atoms with Gasteiger partial charge in [-0.25, -0.2) is 0 Å². The maximum Gasteiger partial charge on any atom is 0.245 e. The Morgan fingerprint density at radius 2 is 1.59 bits per heavy atom. The molecule has 4 aromatic rings. The van der Waals surface area contributed by atoms with E-state index in [4.69, 9.17) is 9.47 Å². The van der Waals surface area contributed by atoms with Crippen LogP contribution in [-0.4, -0.2) is 22.6 Å². The van der Waals surface area contributed by atoms with Crippen LogP contribution in [0, 0.1) is 17.2 Å². The normalized spacial score (nSPS) is 11.2. The van der Waals surface area contributed by atoms with Crippen molar-refractivity contribution in [2.75, 3.05) is 17.2 Å². The van der Waals surface area contributed by atoms with Crippen molar-refractivity contribution in [1.82, 2.24) is 10.2 Å². The van der Waals surface area contributed by atoms with Crippen LogP contribution >= 0.6 is 11.3 Å². The highest BCUT2D eigenvalue weighted by molar-refractivity contribution is 7.15. The predicted molar refractivity (Wildman–Crippen MR) is 143 cm³/mol. The van der Waals surface area contributed by atoms with Crippen LogP contribution in [0.15, 0.2) is 78.9 Å². The number of carbonyl (C=O) groups excluding carboxylic acids is 1. The highest BCUT2D eigenvalue weighted by atomic mass is 32.1. The molecule has 0 saturated heterocycles. The van der Waals surface area contributed by atoms with Gasteiger partial charge in [0.1, 0.15) is 24.1 Å². The molecule has 1 atom stereocenters. The minimum atomic E-state index is -0.920. The quantitative estimate of drug-likeness (QED) is 0.259. The smallest absolute Gasteiger partial charge is 0.245 e. The number of hydrogen-bond acceptors (Lipinski definition) is 8. The Balaban J connectivity index is 1.43. The lowest BCUT2D eigenvalue weighted by Crippen LogP contribution is -2.27. The summed E-state index contributed by atoms with van der Waals surface area (Å²) in [6.45, 7) is 2.85. The van der Waals surface area contributed by atoms with Crippen LogP contribution in [-0.2, 0) is 24.4 Å². The number of carbonyl (C=O) groups is 1. The van der Waals surface area contributed by atoms with E-state index in [1.165, 1.54) is 11.3 Å². The zero-order chi connectivity index (χ0) is 25.9. The highest BCUT2D eigenvalue weighted by Crippen LogP contribution is 2.32. The molecule has 188 valence electrons. The summed E-state index contributed by atoms with van der Waals surface area (Å²) >= 11 is 1.30. The number of aromatic nitrogens is 2. The average Bonchev–Trinajstić information content (AvgIpc) is 3.40. The first kappa shape index (κ1) is 25.7. The first-order valence-electron chi connectivity index (χ1n) is 11.9. The lowest BCUT2D eigenvalue weighted by Gasteiger charge is -2.16. The van der Waals surface area contributed by atoms with Gasteiger partial charge in [0.05, 0.1) is 6.07 Å². The molecule has 3 aromatic carbocycles. The van der Waals surface area contributed by atoms with Crippen LogP contribution in [0.25, 0.3) is 0 Å². The fraction of sp³-hybridized carbons (Fsp3) is 0.214. The maximum atomic E-state index is 12.6. The molecule has 37 heavy (non-hydrogen) atoms. The van der Waals surface area contributed by atoms with Crippen LogP contribution < -0.4 is 20.1 Å². The van der Waals surface area contributed by atoms with Gasteiger partial charge in [-0.3, -0.25) is 10.1 Å². The second-order valence-corrected chi connectivity index (χ2v) is 9.18. The molecule has 1 heterocycles. The lowest BCUT2D eigenvalue weighted by atomic mass is 10.1. The van der Waals surface area contributed by atoms with E-state index in [1.807, 2.05) is 85.8 Å². The van der Waals surface area contributed by atoms with E-state index in [9.17, 15) is 10.1 Å². The summed E-state index contributed by atoms with van der Waals surface area (Å²) in [6.07, 6.45) is 0.733. The first-order valence-corrected chi connectivity index (χ1v) is 12.7. The first-order chi connectivity index (χ1) is 18.1. The fourth-order valence-electron chi connectivity index (χ4n) is 3.38. The Kier molecular flexibility index (Phi) is 9.05. The number of nitriles is 1. The van der Waals surface area contributed by atoms with E-state index in [0.717, 1.165) is 22.6 Å². The third kappa shape index (κ3) is 7.53. The third-order valence-corrected chi connectivity index (χ3v) is 6.38. The number of aryl methyl sites for hydroxylation is 1. The van der Waals surface area contributed by atoms with Gasteiger partial charge in [-0.15, -0.1) is 10.2 Å². The molecule has 0 bridgehead atoms. The van der Waals surface area contributed by atoms with Gasteiger partial charge in [0.25, 0.3) is 0 Å². The van der Waals surface area contributed by atoms with Crippen LogP contribution in [0.3, 0.4) is 0 Å². The van der Waals surface area contributed by atoms with Gasteiger partial charge in [-0.1, -0.05) is 78.9 Å². The number of benzene rings is 3. The van der Waals surface area contributed by atoms with Gasteiger partial charge in [0.2, 0.25) is 11.0 Å². The van der Waals surface area contributed by atoms with E-state index in [0.29, 0.717) is 35.5 Å². The molecule has 0 spiro atoms. The number of hydrogen-bond donors (Lipinski definition) is 2. The van der Waals surface area contributed by atoms with E-state index < -0.39 is 11.8 Å². The summed E-state index contributed by atoms with van der Waals surface area (Å²) in [5.74, 6) is -0.194. The molecule has 9 heteroatoms. The summed E-state index contributed by atoms with van der Waals surface area (Å²) in [5, 5.41) is 24.5. The van der Waals surface area contributed by atoms with Crippen LogP contribution in [0.2, 0.25) is 0 Å². The molecule has 0 aliphatic rings. The standard InChI is InChI=1S/C28H27N5O3S/c1-2-26-32-33-28(37-26)31-27(34)22(16-29)17-30-23-13-14-24(35-18-20-9-5-3-6-10-20)25(15-23)36-19-21-11-7-4-8-12-21/h3-15,22,30H,2,17-19H2,1H3,(H,31,33,34). The van der Waals surface area contributed by atoms with E-state index in [2.05, 4.69) is 26.9 Å². The molecule has 0 fully saturated rings. The fourth-order valence-corrected chi connectivity index (χ4v) is 4.06. The molecule has 0 saturated carbocycles. The van der Waals surface area contributed by atoms with Gasteiger partial charge in [-0.2, -0.15) is 5.26 Å². The van der Waals surface area contributed by atoms with Gasteiger partial charge >= 0.3 is 0 Å². The number of nitrogens with zero attached hydrogens (tertiary/aromatic N) is 3. The van der Waals surface area contributed by atoms with Crippen molar-refractivity contribution in [2.45, 2.75) is 26.6 Å². The van der Waals surface area contributed by atoms with Crippen molar-refractivity contribution in [1.29, 1.82) is 5.26 Å². The van der Waals surface area contributed by atoms with Crippen LogP contribution in [0.1, 0.15) is 23.1 Å². The largest absolute Gasteiger partial charge is 0.485 e. The summed E-state index contributed by atoms with van der Waals surface area (Å²) in [5.41, 5.74) is 2.77. The molecular formula is C28H27N5O3S. The summed E-state index contributed by atoms with van der Waals surface area (Å²) in [7, 11) is 0. The molecule has 4 rings (SSSR count). The summed E-state index contributed by atoms with van der Waals surface area (Å²) < 4.78 is 12.1. The molecule has 0 aliphatic carbocycles. The van der Waals surface area contributed by atoms with Gasteiger partial charge in [-0.05, 0) is 29.7 Å². The molecule has 1 aromatic heterocycles. The second-order valence-electron chi connectivity index (χ2n) is 8.12.